The molecular formula is C17H28N2. The second-order valence-corrected chi connectivity index (χ2v) is 6.09. The van der Waals surface area contributed by atoms with Crippen LogP contribution in [0.4, 0.5) is 5.69 Å². The summed E-state index contributed by atoms with van der Waals surface area (Å²) in [5.41, 5.74) is 3.19. The van der Waals surface area contributed by atoms with Crippen molar-refractivity contribution in [3.05, 3.63) is 29.8 Å². The first-order chi connectivity index (χ1) is 9.19. The molecule has 1 aromatic rings. The lowest BCUT2D eigenvalue weighted by Crippen LogP contribution is -2.42. The van der Waals surface area contributed by atoms with Crippen LogP contribution in [0.5, 0.6) is 0 Å². The van der Waals surface area contributed by atoms with Gasteiger partial charge in [0, 0.05) is 30.7 Å². The molecule has 106 valence electrons. The zero-order chi connectivity index (χ0) is 13.7. The first kappa shape index (κ1) is 14.4. The van der Waals surface area contributed by atoms with Gasteiger partial charge in [0.15, 0.2) is 0 Å². The maximum atomic E-state index is 3.41. The largest absolute Gasteiger partial charge is 0.371 e. The van der Waals surface area contributed by atoms with E-state index in [1.807, 2.05) is 0 Å². The summed E-state index contributed by atoms with van der Waals surface area (Å²) in [5, 5.41) is 3.41. The molecule has 0 aromatic heterocycles. The van der Waals surface area contributed by atoms with Crippen LogP contribution in [0, 0.1) is 12.3 Å². The van der Waals surface area contributed by atoms with E-state index in [1.165, 1.54) is 43.5 Å². The summed E-state index contributed by atoms with van der Waals surface area (Å²) in [6.45, 7) is 7.85. The number of hydrogen-bond donors (Lipinski definition) is 1. The standard InChI is InChI=1S/C17H28N2/c1-4-19(16-9-7-15(2)8-10-16)14-17(13-18-3)11-5-6-12-17/h7-10,18H,4-6,11-14H2,1-3H3. The van der Waals surface area contributed by atoms with Gasteiger partial charge in [-0.3, -0.25) is 0 Å². The summed E-state index contributed by atoms with van der Waals surface area (Å²) in [7, 11) is 2.09. The van der Waals surface area contributed by atoms with Crippen molar-refractivity contribution in [2.24, 2.45) is 5.41 Å². The van der Waals surface area contributed by atoms with Gasteiger partial charge in [-0.05, 0) is 45.9 Å². The van der Waals surface area contributed by atoms with E-state index >= 15 is 0 Å². The lowest BCUT2D eigenvalue weighted by molar-refractivity contribution is 0.292. The second-order valence-electron chi connectivity index (χ2n) is 6.09. The predicted molar refractivity (Wildman–Crippen MR) is 83.9 cm³/mol. The molecule has 2 rings (SSSR count). The minimum absolute atomic E-state index is 0.482. The molecule has 0 radical (unpaired) electrons. The van der Waals surface area contributed by atoms with Crippen molar-refractivity contribution in [3.8, 4) is 0 Å². The van der Waals surface area contributed by atoms with Gasteiger partial charge in [-0.1, -0.05) is 30.5 Å². The fraction of sp³-hybridized carbons (Fsp3) is 0.647. The highest BCUT2D eigenvalue weighted by Gasteiger charge is 2.34. The average Bonchev–Trinajstić information content (AvgIpc) is 2.86. The SMILES string of the molecule is CCN(CC1(CNC)CCCC1)c1ccc(C)cc1. The second kappa shape index (κ2) is 6.42. The van der Waals surface area contributed by atoms with E-state index in [1.54, 1.807) is 0 Å². The lowest BCUT2D eigenvalue weighted by atomic mass is 9.85. The molecular weight excluding hydrogens is 232 g/mol. The Labute approximate surface area is 118 Å². The maximum Gasteiger partial charge on any atom is 0.0366 e. The van der Waals surface area contributed by atoms with Crippen molar-refractivity contribution in [1.82, 2.24) is 5.32 Å². The molecule has 1 fully saturated rings. The highest BCUT2D eigenvalue weighted by atomic mass is 15.1. The fourth-order valence-electron chi connectivity index (χ4n) is 3.44. The molecule has 2 heteroatoms. The molecule has 1 aromatic carbocycles. The van der Waals surface area contributed by atoms with Crippen LogP contribution >= 0.6 is 0 Å². The van der Waals surface area contributed by atoms with Gasteiger partial charge >= 0.3 is 0 Å². The molecule has 0 heterocycles. The van der Waals surface area contributed by atoms with E-state index in [-0.39, 0.29) is 0 Å². The first-order valence-electron chi connectivity index (χ1n) is 7.65. The smallest absolute Gasteiger partial charge is 0.0366 e. The third-order valence-corrected chi connectivity index (χ3v) is 4.52. The van der Waals surface area contributed by atoms with Gasteiger partial charge < -0.3 is 10.2 Å². The molecule has 0 atom stereocenters. The van der Waals surface area contributed by atoms with Gasteiger partial charge in [0.1, 0.15) is 0 Å². The molecule has 0 aliphatic heterocycles. The van der Waals surface area contributed by atoms with Crippen molar-refractivity contribution in [1.29, 1.82) is 0 Å². The predicted octanol–water partition coefficient (Wildman–Crippen LogP) is 3.60. The van der Waals surface area contributed by atoms with Crippen LogP contribution in [-0.4, -0.2) is 26.7 Å². The molecule has 19 heavy (non-hydrogen) atoms. The average molecular weight is 260 g/mol. The molecule has 0 saturated heterocycles. The number of hydrogen-bond acceptors (Lipinski definition) is 2. The van der Waals surface area contributed by atoms with Crippen LogP contribution in [-0.2, 0) is 0 Å². The van der Waals surface area contributed by atoms with Crippen molar-refractivity contribution in [2.75, 3.05) is 31.6 Å². The minimum Gasteiger partial charge on any atom is -0.371 e. The Balaban J connectivity index is 2.11. The van der Waals surface area contributed by atoms with Gasteiger partial charge in [0.05, 0.1) is 0 Å². The summed E-state index contributed by atoms with van der Waals surface area (Å²) < 4.78 is 0. The van der Waals surface area contributed by atoms with Crippen LogP contribution in [0.3, 0.4) is 0 Å². The number of aryl methyl sites for hydroxylation is 1. The third-order valence-electron chi connectivity index (χ3n) is 4.52. The van der Waals surface area contributed by atoms with E-state index in [2.05, 4.69) is 55.4 Å². The molecule has 1 aliphatic carbocycles. The fourth-order valence-corrected chi connectivity index (χ4v) is 3.44. The molecule has 1 N–H and O–H groups in total. The topological polar surface area (TPSA) is 15.3 Å². The Kier molecular flexibility index (Phi) is 4.87. The van der Waals surface area contributed by atoms with E-state index < -0.39 is 0 Å². The summed E-state index contributed by atoms with van der Waals surface area (Å²) >= 11 is 0. The molecule has 1 aliphatic rings. The molecule has 1 saturated carbocycles. The summed E-state index contributed by atoms with van der Waals surface area (Å²) in [6.07, 6.45) is 5.53. The van der Waals surface area contributed by atoms with E-state index in [9.17, 15) is 0 Å². The summed E-state index contributed by atoms with van der Waals surface area (Å²) in [4.78, 5) is 2.54. The molecule has 0 spiro atoms. The van der Waals surface area contributed by atoms with Gasteiger partial charge in [-0.25, -0.2) is 0 Å². The number of anilines is 1. The number of benzene rings is 1. The number of nitrogens with one attached hydrogen (secondary N) is 1. The van der Waals surface area contributed by atoms with Crippen LogP contribution in [0.15, 0.2) is 24.3 Å². The van der Waals surface area contributed by atoms with Gasteiger partial charge in [-0.15, -0.1) is 0 Å². The Morgan fingerprint density at radius 1 is 1.16 bits per heavy atom. The van der Waals surface area contributed by atoms with Crippen LogP contribution < -0.4 is 10.2 Å². The number of rotatable bonds is 6. The van der Waals surface area contributed by atoms with Crippen LogP contribution in [0.1, 0.15) is 38.2 Å². The zero-order valence-electron chi connectivity index (χ0n) is 12.7. The Bertz CT molecular complexity index is 377. The molecule has 0 unspecified atom stereocenters. The molecule has 0 bridgehead atoms. The van der Waals surface area contributed by atoms with Crippen molar-refractivity contribution >= 4 is 5.69 Å². The van der Waals surface area contributed by atoms with E-state index in [0.717, 1.165) is 13.1 Å². The van der Waals surface area contributed by atoms with Crippen molar-refractivity contribution in [3.63, 3.8) is 0 Å². The zero-order valence-corrected chi connectivity index (χ0v) is 12.7. The number of nitrogens with zero attached hydrogens (tertiary/aromatic N) is 1. The monoisotopic (exact) mass is 260 g/mol. The Hall–Kier alpha value is -1.02. The first-order valence-corrected chi connectivity index (χ1v) is 7.65. The van der Waals surface area contributed by atoms with Crippen LogP contribution in [0.25, 0.3) is 0 Å². The summed E-state index contributed by atoms with van der Waals surface area (Å²) in [6, 6.07) is 8.97. The maximum absolute atomic E-state index is 3.41. The van der Waals surface area contributed by atoms with Crippen LogP contribution in [0.2, 0.25) is 0 Å². The Morgan fingerprint density at radius 2 is 1.79 bits per heavy atom. The molecule has 0 amide bonds. The lowest BCUT2D eigenvalue weighted by Gasteiger charge is -2.36. The highest BCUT2D eigenvalue weighted by molar-refractivity contribution is 5.47. The summed E-state index contributed by atoms with van der Waals surface area (Å²) in [5.74, 6) is 0. The van der Waals surface area contributed by atoms with E-state index in [0.29, 0.717) is 5.41 Å². The third kappa shape index (κ3) is 3.50. The molecule has 2 nitrogen and oxygen atoms in total. The van der Waals surface area contributed by atoms with E-state index in [4.69, 9.17) is 0 Å². The van der Waals surface area contributed by atoms with Gasteiger partial charge in [0.2, 0.25) is 0 Å². The highest BCUT2D eigenvalue weighted by Crippen LogP contribution is 2.39. The van der Waals surface area contributed by atoms with Crippen molar-refractivity contribution < 1.29 is 0 Å². The Morgan fingerprint density at radius 3 is 2.32 bits per heavy atom. The van der Waals surface area contributed by atoms with Crippen molar-refractivity contribution in [2.45, 2.75) is 39.5 Å². The van der Waals surface area contributed by atoms with Gasteiger partial charge in [-0.2, -0.15) is 0 Å². The quantitative estimate of drug-likeness (QED) is 0.840. The normalized spacial score (nSPS) is 17.6. The van der Waals surface area contributed by atoms with Gasteiger partial charge in [0.25, 0.3) is 0 Å². The minimum atomic E-state index is 0.482.